The van der Waals surface area contributed by atoms with Crippen LogP contribution in [-0.4, -0.2) is 23.3 Å². The molecule has 2 aromatic rings. The first-order valence-corrected chi connectivity index (χ1v) is 8.66. The molecule has 0 fully saturated rings. The van der Waals surface area contributed by atoms with Crippen molar-refractivity contribution in [2.75, 3.05) is 11.9 Å². The Morgan fingerprint density at radius 3 is 2.56 bits per heavy atom. The molecule has 0 saturated carbocycles. The van der Waals surface area contributed by atoms with Crippen LogP contribution >= 0.6 is 0 Å². The van der Waals surface area contributed by atoms with Gasteiger partial charge in [-0.1, -0.05) is 25.1 Å². The Bertz CT molecular complexity index is 878. The van der Waals surface area contributed by atoms with Crippen molar-refractivity contribution in [3.63, 3.8) is 0 Å². The average Bonchev–Trinajstić information content (AvgIpc) is 2.66. The van der Waals surface area contributed by atoms with Crippen LogP contribution in [0.1, 0.15) is 40.4 Å². The minimum atomic E-state index is -4.61. The van der Waals surface area contributed by atoms with Crippen LogP contribution in [0.2, 0.25) is 0 Å². The van der Waals surface area contributed by atoms with E-state index in [2.05, 4.69) is 5.32 Å². The summed E-state index contributed by atoms with van der Waals surface area (Å²) in [6.07, 6.45) is -3.48. The van der Waals surface area contributed by atoms with E-state index in [1.54, 1.807) is 24.0 Å². The molecule has 1 aliphatic heterocycles. The van der Waals surface area contributed by atoms with Crippen LogP contribution in [0.25, 0.3) is 0 Å². The van der Waals surface area contributed by atoms with E-state index in [0.717, 1.165) is 23.3 Å². The van der Waals surface area contributed by atoms with Crippen molar-refractivity contribution in [3.05, 3.63) is 64.7 Å². The van der Waals surface area contributed by atoms with Gasteiger partial charge in [-0.25, -0.2) is 0 Å². The summed E-state index contributed by atoms with van der Waals surface area (Å²) >= 11 is 0. The van der Waals surface area contributed by atoms with E-state index >= 15 is 0 Å². The van der Waals surface area contributed by atoms with Crippen molar-refractivity contribution in [2.45, 2.75) is 32.5 Å². The predicted octanol–water partition coefficient (Wildman–Crippen LogP) is 4.25. The number of nitrogens with one attached hydrogen (secondary N) is 1. The Kier molecular flexibility index (Phi) is 5.21. The number of carbonyl (C=O) groups excluding carboxylic acids is 2. The highest BCUT2D eigenvalue weighted by Gasteiger charge is 2.34. The summed E-state index contributed by atoms with van der Waals surface area (Å²) in [6, 6.07) is 9.91. The first-order valence-electron chi connectivity index (χ1n) is 8.66. The first-order chi connectivity index (χ1) is 12.8. The highest BCUT2D eigenvalue weighted by molar-refractivity contribution is 6.05. The summed E-state index contributed by atoms with van der Waals surface area (Å²) in [4.78, 5) is 26.0. The maximum atomic E-state index is 13.1. The molecular weight excluding hydrogens is 357 g/mol. The number of halogens is 3. The Balaban J connectivity index is 1.82. The maximum absolute atomic E-state index is 13.1. The highest BCUT2D eigenvalue weighted by Crippen LogP contribution is 2.32. The van der Waals surface area contributed by atoms with Gasteiger partial charge in [0.1, 0.15) is 0 Å². The quantitative estimate of drug-likeness (QED) is 0.871. The van der Waals surface area contributed by atoms with Crippen molar-refractivity contribution in [1.29, 1.82) is 0 Å². The number of alkyl halides is 3. The molecule has 7 heteroatoms. The molecule has 0 bridgehead atoms. The van der Waals surface area contributed by atoms with Crippen LogP contribution in [0.5, 0.6) is 0 Å². The van der Waals surface area contributed by atoms with E-state index in [1.807, 2.05) is 6.07 Å². The zero-order valence-corrected chi connectivity index (χ0v) is 14.8. The van der Waals surface area contributed by atoms with Gasteiger partial charge in [0.2, 0.25) is 5.91 Å². The van der Waals surface area contributed by atoms with Gasteiger partial charge in [0.05, 0.1) is 11.1 Å². The van der Waals surface area contributed by atoms with Crippen LogP contribution in [0, 0.1) is 0 Å². The monoisotopic (exact) mass is 376 g/mol. The van der Waals surface area contributed by atoms with Gasteiger partial charge in [0.15, 0.2) is 0 Å². The number of carbonyl (C=O) groups is 2. The summed E-state index contributed by atoms with van der Waals surface area (Å²) in [7, 11) is 0. The van der Waals surface area contributed by atoms with Crippen LogP contribution < -0.4 is 5.32 Å². The van der Waals surface area contributed by atoms with E-state index in [-0.39, 0.29) is 5.91 Å². The Morgan fingerprint density at radius 2 is 1.85 bits per heavy atom. The zero-order valence-electron chi connectivity index (χ0n) is 14.8. The summed E-state index contributed by atoms with van der Waals surface area (Å²) in [5.74, 6) is -0.769. The molecule has 0 saturated heterocycles. The second-order valence-electron chi connectivity index (χ2n) is 6.40. The third kappa shape index (κ3) is 4.13. The van der Waals surface area contributed by atoms with Crippen molar-refractivity contribution in [3.8, 4) is 0 Å². The zero-order chi connectivity index (χ0) is 19.6. The summed E-state index contributed by atoms with van der Waals surface area (Å²) < 4.78 is 39.3. The second kappa shape index (κ2) is 7.42. The lowest BCUT2D eigenvalue weighted by atomic mass is 9.98. The molecule has 1 aliphatic rings. The normalized spacial score (nSPS) is 13.9. The predicted molar refractivity (Wildman–Crippen MR) is 95.3 cm³/mol. The molecule has 1 heterocycles. The molecule has 0 radical (unpaired) electrons. The lowest BCUT2D eigenvalue weighted by Crippen LogP contribution is -2.35. The second-order valence-corrected chi connectivity index (χ2v) is 6.40. The molecule has 27 heavy (non-hydrogen) atoms. The van der Waals surface area contributed by atoms with Crippen molar-refractivity contribution in [2.24, 2.45) is 0 Å². The molecular formula is C20H19F3N2O2. The number of anilines is 1. The topological polar surface area (TPSA) is 49.4 Å². The molecule has 4 nitrogen and oxygen atoms in total. The molecule has 1 N–H and O–H groups in total. The fourth-order valence-corrected chi connectivity index (χ4v) is 3.20. The Labute approximate surface area is 155 Å². The van der Waals surface area contributed by atoms with Gasteiger partial charge in [-0.2, -0.15) is 13.2 Å². The van der Waals surface area contributed by atoms with E-state index in [9.17, 15) is 22.8 Å². The standard InChI is InChI=1S/C20H19F3N2O2/c1-2-18(26)25-10-9-13-7-8-15(11-14(13)12-25)24-19(27)16-5-3-4-6-17(16)20(21,22)23/h3-8,11H,2,9-10,12H2,1H3,(H,24,27). The third-order valence-electron chi connectivity index (χ3n) is 4.61. The van der Waals surface area contributed by atoms with Gasteiger partial charge in [-0.05, 0) is 41.8 Å². The van der Waals surface area contributed by atoms with Crippen molar-refractivity contribution in [1.82, 2.24) is 4.90 Å². The lowest BCUT2D eigenvalue weighted by Gasteiger charge is -2.29. The third-order valence-corrected chi connectivity index (χ3v) is 4.61. The Morgan fingerprint density at radius 1 is 1.11 bits per heavy atom. The fraction of sp³-hybridized carbons (Fsp3) is 0.300. The number of fused-ring (bicyclic) bond motifs is 1. The molecule has 0 unspecified atom stereocenters. The molecule has 0 aromatic heterocycles. The smallest absolute Gasteiger partial charge is 0.338 e. The highest BCUT2D eigenvalue weighted by atomic mass is 19.4. The fourth-order valence-electron chi connectivity index (χ4n) is 3.20. The van der Waals surface area contributed by atoms with Crippen LogP contribution in [0.3, 0.4) is 0 Å². The molecule has 0 spiro atoms. The number of hydrogen-bond donors (Lipinski definition) is 1. The summed E-state index contributed by atoms with van der Waals surface area (Å²) in [6.45, 7) is 2.88. The van der Waals surface area contributed by atoms with Gasteiger partial charge < -0.3 is 10.2 Å². The lowest BCUT2D eigenvalue weighted by molar-refractivity contribution is -0.138. The number of benzene rings is 2. The molecule has 142 valence electrons. The van der Waals surface area contributed by atoms with E-state index in [1.165, 1.54) is 12.1 Å². The molecule has 2 amide bonds. The SMILES string of the molecule is CCC(=O)N1CCc2ccc(NC(=O)c3ccccc3C(F)(F)F)cc2C1. The largest absolute Gasteiger partial charge is 0.417 e. The number of rotatable bonds is 3. The van der Waals surface area contributed by atoms with Crippen LogP contribution in [-0.2, 0) is 23.9 Å². The molecule has 2 aromatic carbocycles. The molecule has 0 aliphatic carbocycles. The molecule has 3 rings (SSSR count). The number of amides is 2. The summed E-state index contributed by atoms with van der Waals surface area (Å²) in [5.41, 5.74) is 0.973. The van der Waals surface area contributed by atoms with Gasteiger partial charge in [-0.3, -0.25) is 9.59 Å². The minimum Gasteiger partial charge on any atom is -0.338 e. The van der Waals surface area contributed by atoms with Gasteiger partial charge in [0.25, 0.3) is 5.91 Å². The van der Waals surface area contributed by atoms with Gasteiger partial charge in [-0.15, -0.1) is 0 Å². The molecule has 0 atom stereocenters. The van der Waals surface area contributed by atoms with E-state index in [4.69, 9.17) is 0 Å². The van der Waals surface area contributed by atoms with Crippen molar-refractivity contribution < 1.29 is 22.8 Å². The summed E-state index contributed by atoms with van der Waals surface area (Å²) in [5, 5.41) is 2.54. The van der Waals surface area contributed by atoms with Gasteiger partial charge >= 0.3 is 6.18 Å². The number of hydrogen-bond acceptors (Lipinski definition) is 2. The Hall–Kier alpha value is -2.83. The first kappa shape index (κ1) is 18.9. The van der Waals surface area contributed by atoms with E-state index < -0.39 is 23.2 Å². The van der Waals surface area contributed by atoms with Crippen LogP contribution in [0.15, 0.2) is 42.5 Å². The number of nitrogens with zero attached hydrogens (tertiary/aromatic N) is 1. The maximum Gasteiger partial charge on any atom is 0.417 e. The van der Waals surface area contributed by atoms with E-state index in [0.29, 0.717) is 31.6 Å². The average molecular weight is 376 g/mol. The minimum absolute atomic E-state index is 0.0502. The van der Waals surface area contributed by atoms with Crippen molar-refractivity contribution >= 4 is 17.5 Å². The van der Waals surface area contributed by atoms with Gasteiger partial charge in [0, 0.05) is 25.2 Å². The van der Waals surface area contributed by atoms with Crippen LogP contribution in [0.4, 0.5) is 18.9 Å².